The number of carbonyl (C=O) groups is 2. The molecule has 0 spiro atoms. The van der Waals surface area contributed by atoms with E-state index in [0.29, 0.717) is 17.9 Å². The van der Waals surface area contributed by atoms with Gasteiger partial charge in [0.05, 0.1) is 17.2 Å². The van der Waals surface area contributed by atoms with Crippen LogP contribution in [0.3, 0.4) is 0 Å². The second-order valence-corrected chi connectivity index (χ2v) is 7.99. The molecule has 0 unspecified atom stereocenters. The Balaban J connectivity index is 1.40. The van der Waals surface area contributed by atoms with Gasteiger partial charge in [-0.25, -0.2) is 4.79 Å². The van der Waals surface area contributed by atoms with E-state index in [1.54, 1.807) is 38.1 Å². The molecule has 0 aliphatic rings. The maximum absolute atomic E-state index is 12.6. The van der Waals surface area contributed by atoms with Crippen molar-refractivity contribution >= 4 is 28.5 Å². The molecule has 1 heterocycles. The highest BCUT2D eigenvalue weighted by Gasteiger charge is 2.12. The normalized spacial score (nSPS) is 10.9. The Kier molecular flexibility index (Phi) is 6.74. The SMILES string of the molecule is CC(C)OC(=O)c1ccc(NC(=O)Cn2ccc3c(OCc4ccccc4)cccc32)cc1. The van der Waals surface area contributed by atoms with Gasteiger partial charge >= 0.3 is 5.97 Å². The number of anilines is 1. The number of fused-ring (bicyclic) bond motifs is 1. The van der Waals surface area contributed by atoms with Crippen LogP contribution >= 0.6 is 0 Å². The molecule has 0 aliphatic heterocycles. The maximum atomic E-state index is 12.6. The summed E-state index contributed by atoms with van der Waals surface area (Å²) in [5.74, 6) is 0.229. The van der Waals surface area contributed by atoms with Crippen molar-refractivity contribution in [1.29, 1.82) is 0 Å². The molecule has 0 atom stereocenters. The molecule has 168 valence electrons. The standard InChI is InChI=1S/C27H26N2O4/c1-19(2)33-27(31)21-11-13-22(14-12-21)28-26(30)17-29-16-15-23-24(29)9-6-10-25(23)32-18-20-7-4-3-5-8-20/h3-16,19H,17-18H2,1-2H3,(H,28,30). The van der Waals surface area contributed by atoms with Crippen LogP contribution < -0.4 is 10.1 Å². The van der Waals surface area contributed by atoms with Crippen LogP contribution in [0.1, 0.15) is 29.8 Å². The third-order valence-electron chi connectivity index (χ3n) is 5.07. The van der Waals surface area contributed by atoms with Crippen molar-refractivity contribution in [3.05, 3.63) is 96.2 Å². The number of aromatic nitrogens is 1. The summed E-state index contributed by atoms with van der Waals surface area (Å²) in [6.45, 7) is 4.24. The first-order chi connectivity index (χ1) is 16.0. The van der Waals surface area contributed by atoms with Gasteiger partial charge in [-0.2, -0.15) is 0 Å². The van der Waals surface area contributed by atoms with Gasteiger partial charge < -0.3 is 19.4 Å². The fourth-order valence-electron chi connectivity index (χ4n) is 3.52. The van der Waals surface area contributed by atoms with Gasteiger partial charge in [0, 0.05) is 17.3 Å². The van der Waals surface area contributed by atoms with Gasteiger partial charge in [0.2, 0.25) is 5.91 Å². The van der Waals surface area contributed by atoms with Crippen LogP contribution in [-0.4, -0.2) is 22.5 Å². The van der Waals surface area contributed by atoms with Crippen LogP contribution in [0.25, 0.3) is 10.9 Å². The summed E-state index contributed by atoms with van der Waals surface area (Å²) in [6, 6.07) is 24.4. The summed E-state index contributed by atoms with van der Waals surface area (Å²) < 4.78 is 13.1. The molecule has 4 rings (SSSR count). The van der Waals surface area contributed by atoms with Crippen molar-refractivity contribution in [2.75, 3.05) is 5.32 Å². The third-order valence-corrected chi connectivity index (χ3v) is 5.07. The molecule has 33 heavy (non-hydrogen) atoms. The van der Waals surface area contributed by atoms with Gasteiger partial charge in [0.1, 0.15) is 18.9 Å². The highest BCUT2D eigenvalue weighted by Crippen LogP contribution is 2.27. The Morgan fingerprint density at radius 3 is 2.39 bits per heavy atom. The fourth-order valence-corrected chi connectivity index (χ4v) is 3.52. The summed E-state index contributed by atoms with van der Waals surface area (Å²) in [4.78, 5) is 24.6. The van der Waals surface area contributed by atoms with E-state index in [-0.39, 0.29) is 24.5 Å². The molecule has 3 aromatic carbocycles. The van der Waals surface area contributed by atoms with Gasteiger partial charge in [0.15, 0.2) is 0 Å². The van der Waals surface area contributed by atoms with Crippen LogP contribution in [0.4, 0.5) is 5.69 Å². The minimum Gasteiger partial charge on any atom is -0.488 e. The highest BCUT2D eigenvalue weighted by atomic mass is 16.5. The van der Waals surface area contributed by atoms with Crippen molar-refractivity contribution in [2.45, 2.75) is 33.1 Å². The lowest BCUT2D eigenvalue weighted by Crippen LogP contribution is -2.18. The van der Waals surface area contributed by atoms with Crippen LogP contribution in [0, 0.1) is 0 Å². The monoisotopic (exact) mass is 442 g/mol. The number of rotatable bonds is 8. The Morgan fingerprint density at radius 2 is 1.67 bits per heavy atom. The third kappa shape index (κ3) is 5.60. The zero-order chi connectivity index (χ0) is 23.2. The molecule has 0 bridgehead atoms. The van der Waals surface area contributed by atoms with Crippen molar-refractivity contribution in [3.8, 4) is 5.75 Å². The van der Waals surface area contributed by atoms with Gasteiger partial charge in [-0.15, -0.1) is 0 Å². The van der Waals surface area contributed by atoms with E-state index in [9.17, 15) is 9.59 Å². The number of benzene rings is 3. The zero-order valence-electron chi connectivity index (χ0n) is 18.7. The van der Waals surface area contributed by atoms with Crippen molar-refractivity contribution in [1.82, 2.24) is 4.57 Å². The molecule has 6 heteroatoms. The average Bonchev–Trinajstić information content (AvgIpc) is 3.21. The summed E-state index contributed by atoms with van der Waals surface area (Å²) in [7, 11) is 0. The average molecular weight is 443 g/mol. The number of ether oxygens (including phenoxy) is 2. The molecule has 0 saturated carbocycles. The molecule has 0 radical (unpaired) electrons. The quantitative estimate of drug-likeness (QED) is 0.370. The number of hydrogen-bond acceptors (Lipinski definition) is 4. The van der Waals surface area contributed by atoms with Crippen LogP contribution in [-0.2, 0) is 22.7 Å². The number of esters is 1. The lowest BCUT2D eigenvalue weighted by Gasteiger charge is -2.11. The Labute approximate surface area is 192 Å². The van der Waals surface area contributed by atoms with Gasteiger partial charge in [-0.1, -0.05) is 36.4 Å². The summed E-state index contributed by atoms with van der Waals surface area (Å²) in [6.07, 6.45) is 1.70. The topological polar surface area (TPSA) is 69.6 Å². The molecule has 0 aliphatic carbocycles. The molecule has 0 saturated heterocycles. The molecule has 1 aromatic heterocycles. The molecule has 1 amide bonds. The Bertz CT molecular complexity index is 1240. The van der Waals surface area contributed by atoms with E-state index in [1.165, 1.54) is 0 Å². The Morgan fingerprint density at radius 1 is 0.909 bits per heavy atom. The highest BCUT2D eigenvalue weighted by molar-refractivity contribution is 5.94. The van der Waals surface area contributed by atoms with E-state index in [4.69, 9.17) is 9.47 Å². The number of nitrogens with one attached hydrogen (secondary N) is 1. The van der Waals surface area contributed by atoms with E-state index in [2.05, 4.69) is 5.32 Å². The molecule has 6 nitrogen and oxygen atoms in total. The van der Waals surface area contributed by atoms with Crippen molar-refractivity contribution < 1.29 is 19.1 Å². The van der Waals surface area contributed by atoms with Gasteiger partial charge in [0.25, 0.3) is 0 Å². The van der Waals surface area contributed by atoms with Crippen molar-refractivity contribution in [2.24, 2.45) is 0 Å². The smallest absolute Gasteiger partial charge is 0.338 e. The zero-order valence-corrected chi connectivity index (χ0v) is 18.7. The lowest BCUT2D eigenvalue weighted by molar-refractivity contribution is -0.116. The molecule has 0 fully saturated rings. The summed E-state index contributed by atoms with van der Waals surface area (Å²) in [5, 5.41) is 3.82. The second kappa shape index (κ2) is 10.0. The van der Waals surface area contributed by atoms with Gasteiger partial charge in [-0.3, -0.25) is 4.79 Å². The minimum atomic E-state index is -0.382. The van der Waals surface area contributed by atoms with Crippen LogP contribution in [0.15, 0.2) is 85.1 Å². The van der Waals surface area contributed by atoms with E-state index < -0.39 is 0 Å². The van der Waals surface area contributed by atoms with E-state index in [0.717, 1.165) is 22.2 Å². The maximum Gasteiger partial charge on any atom is 0.338 e. The fraction of sp³-hybridized carbons (Fsp3) is 0.185. The minimum absolute atomic E-state index is 0.156. The van der Waals surface area contributed by atoms with Crippen LogP contribution in [0.2, 0.25) is 0 Å². The second-order valence-electron chi connectivity index (χ2n) is 7.99. The largest absolute Gasteiger partial charge is 0.488 e. The molecular formula is C27H26N2O4. The van der Waals surface area contributed by atoms with Crippen molar-refractivity contribution in [3.63, 3.8) is 0 Å². The lowest BCUT2D eigenvalue weighted by atomic mass is 10.2. The summed E-state index contributed by atoms with van der Waals surface area (Å²) >= 11 is 0. The first kappa shape index (κ1) is 22.1. The molecule has 4 aromatic rings. The number of nitrogens with zero attached hydrogens (tertiary/aromatic N) is 1. The summed E-state index contributed by atoms with van der Waals surface area (Å²) in [5.41, 5.74) is 3.07. The first-order valence-corrected chi connectivity index (χ1v) is 10.8. The number of carbonyl (C=O) groups excluding carboxylic acids is 2. The molecular weight excluding hydrogens is 416 g/mol. The Hall–Kier alpha value is -4.06. The predicted molar refractivity (Wildman–Crippen MR) is 128 cm³/mol. The first-order valence-electron chi connectivity index (χ1n) is 10.8. The van der Waals surface area contributed by atoms with E-state index >= 15 is 0 Å². The van der Waals surface area contributed by atoms with E-state index in [1.807, 2.05) is 65.4 Å². The van der Waals surface area contributed by atoms with Gasteiger partial charge in [-0.05, 0) is 61.9 Å². The predicted octanol–water partition coefficient (Wildman–Crippen LogP) is 5.42. The number of amides is 1. The number of hydrogen-bond donors (Lipinski definition) is 1. The van der Waals surface area contributed by atoms with Crippen LogP contribution in [0.5, 0.6) is 5.75 Å². The molecule has 1 N–H and O–H groups in total.